The van der Waals surface area contributed by atoms with Gasteiger partial charge in [-0.2, -0.15) is 8.42 Å². The predicted octanol–water partition coefficient (Wildman–Crippen LogP) is 5.80. The summed E-state index contributed by atoms with van der Waals surface area (Å²) in [6.45, 7) is 3.04. The molecule has 3 N–H and O–H groups in total. The van der Waals surface area contributed by atoms with Crippen LogP contribution in [0.2, 0.25) is 0 Å². The van der Waals surface area contributed by atoms with Crippen LogP contribution in [0.3, 0.4) is 0 Å². The molecule has 0 aliphatic carbocycles. The molecule has 2 aromatic carbocycles. The largest absolute Gasteiger partial charge is 0.493 e. The highest BCUT2D eigenvalue weighted by Gasteiger charge is 2.06. The Morgan fingerprint density at radius 3 is 2.28 bits per heavy atom. The minimum atomic E-state index is -3.67. The maximum absolute atomic E-state index is 9.19. The second-order valence-corrected chi connectivity index (χ2v) is 9.33. The van der Waals surface area contributed by atoms with Crippen LogP contribution in [0.5, 0.6) is 5.75 Å². The van der Waals surface area contributed by atoms with Gasteiger partial charge < -0.3 is 10.5 Å². The summed E-state index contributed by atoms with van der Waals surface area (Å²) in [7, 11) is -3.67. The smallest absolute Gasteiger partial charge is 0.261 e. The first-order chi connectivity index (χ1) is 13.8. The van der Waals surface area contributed by atoms with Gasteiger partial charge in [-0.3, -0.25) is 4.55 Å². The summed E-state index contributed by atoms with van der Waals surface area (Å²) in [6.07, 6.45) is 8.40. The Hall–Kier alpha value is -1.70. The molecule has 0 saturated carbocycles. The average molecular weight is 440 g/mol. The first kappa shape index (κ1) is 25.3. The molecule has 5 nitrogen and oxygen atoms in total. The maximum Gasteiger partial charge on any atom is 0.261 e. The molecule has 0 aliphatic heterocycles. The quantitative estimate of drug-likeness (QED) is 0.199. The first-order valence-electron chi connectivity index (χ1n) is 9.91. The number of hydrogen-bond donors (Lipinski definition) is 2. The van der Waals surface area contributed by atoms with E-state index in [0.717, 1.165) is 30.2 Å². The molecule has 0 bridgehead atoms. The van der Waals surface area contributed by atoms with Crippen molar-refractivity contribution in [2.75, 3.05) is 18.6 Å². The highest BCUT2D eigenvalue weighted by molar-refractivity contribution is 7.98. The molecule has 0 aromatic heterocycles. The third-order valence-electron chi connectivity index (χ3n) is 3.98. The van der Waals surface area contributed by atoms with Gasteiger partial charge in [0.1, 0.15) is 5.75 Å². The number of nitrogens with two attached hydrogens (primary N) is 1. The lowest BCUT2D eigenvalue weighted by Crippen LogP contribution is -2.01. The highest BCUT2D eigenvalue weighted by Crippen LogP contribution is 2.29. The van der Waals surface area contributed by atoms with Gasteiger partial charge in [0.05, 0.1) is 12.9 Å². The molecular weight excluding hydrogens is 406 g/mol. The Balaban J connectivity index is 0.000000749. The van der Waals surface area contributed by atoms with Gasteiger partial charge in [0.25, 0.3) is 10.1 Å². The predicted molar refractivity (Wildman–Crippen MR) is 123 cm³/mol. The van der Waals surface area contributed by atoms with E-state index in [9.17, 15) is 8.42 Å². The molecule has 0 atom stereocenters. The van der Waals surface area contributed by atoms with Gasteiger partial charge in [-0.25, -0.2) is 0 Å². The number of ether oxygens (including phenoxy) is 1. The summed E-state index contributed by atoms with van der Waals surface area (Å²) in [6, 6.07) is 16.4. The first-order valence-corrected chi connectivity index (χ1v) is 12.7. The van der Waals surface area contributed by atoms with Crippen LogP contribution < -0.4 is 10.5 Å². The third kappa shape index (κ3) is 14.0. The van der Waals surface area contributed by atoms with Crippen LogP contribution in [0.1, 0.15) is 51.0 Å². The zero-order valence-corrected chi connectivity index (χ0v) is 19.0. The zero-order chi connectivity index (χ0) is 21.5. The lowest BCUT2D eigenvalue weighted by atomic mass is 10.1. The lowest BCUT2D eigenvalue weighted by molar-refractivity contribution is 0.302. The third-order valence-corrected chi connectivity index (χ3v) is 5.04. The van der Waals surface area contributed by atoms with Gasteiger partial charge in [-0.05, 0) is 36.8 Å². The second kappa shape index (κ2) is 14.3. The van der Waals surface area contributed by atoms with Gasteiger partial charge in [-0.1, -0.05) is 57.2 Å². The van der Waals surface area contributed by atoms with Crippen molar-refractivity contribution in [2.24, 2.45) is 0 Å². The van der Waals surface area contributed by atoms with E-state index in [1.165, 1.54) is 42.6 Å². The second-order valence-electron chi connectivity index (χ2n) is 6.82. The normalized spacial score (nSPS) is 10.9. The summed E-state index contributed by atoms with van der Waals surface area (Å²) >= 11 is 1.81. The highest BCUT2D eigenvalue weighted by atomic mass is 32.2. The van der Waals surface area contributed by atoms with E-state index in [4.69, 9.17) is 15.0 Å². The van der Waals surface area contributed by atoms with E-state index in [2.05, 4.69) is 31.2 Å². The van der Waals surface area contributed by atoms with E-state index < -0.39 is 10.1 Å². The van der Waals surface area contributed by atoms with E-state index in [-0.39, 0.29) is 0 Å². The van der Waals surface area contributed by atoms with Crippen LogP contribution in [0, 0.1) is 0 Å². The van der Waals surface area contributed by atoms with Crippen LogP contribution in [0.15, 0.2) is 53.4 Å². The van der Waals surface area contributed by atoms with Crippen LogP contribution in [0.4, 0.5) is 5.69 Å². The molecular formula is C22H33NO4S2. The van der Waals surface area contributed by atoms with Gasteiger partial charge in [0, 0.05) is 21.9 Å². The number of unbranched alkanes of at least 4 members (excludes halogenated alkanes) is 5. The number of rotatable bonds is 11. The summed E-state index contributed by atoms with van der Waals surface area (Å²) in [5, 5.41) is 0. The molecule has 0 unspecified atom stereocenters. The fourth-order valence-corrected chi connectivity index (χ4v) is 3.49. The van der Waals surface area contributed by atoms with E-state index in [1.54, 1.807) is 0 Å². The van der Waals surface area contributed by atoms with Crippen molar-refractivity contribution in [3.05, 3.63) is 54.1 Å². The van der Waals surface area contributed by atoms with Crippen molar-refractivity contribution >= 4 is 27.6 Å². The average Bonchev–Trinajstić information content (AvgIpc) is 2.66. The molecule has 0 aliphatic rings. The summed E-state index contributed by atoms with van der Waals surface area (Å²) in [4.78, 5) is 1.27. The fourth-order valence-electron chi connectivity index (χ4n) is 2.60. The number of anilines is 1. The Morgan fingerprint density at radius 1 is 1.00 bits per heavy atom. The molecule has 7 heteroatoms. The molecule has 29 heavy (non-hydrogen) atoms. The van der Waals surface area contributed by atoms with Crippen LogP contribution in [0.25, 0.3) is 0 Å². The Bertz CT molecular complexity index is 788. The molecule has 0 amide bonds. The molecule has 2 aromatic rings. The van der Waals surface area contributed by atoms with Gasteiger partial charge in [0.2, 0.25) is 0 Å². The Labute approximate surface area is 179 Å². The van der Waals surface area contributed by atoms with Crippen molar-refractivity contribution in [3.8, 4) is 5.75 Å². The molecule has 0 saturated heterocycles. The number of nitrogen functional groups attached to an aromatic ring is 1. The maximum atomic E-state index is 9.19. The molecule has 0 fully saturated rings. The standard InChI is InChI=1S/C21H29NOS.CH4O3S/c1-2-3-4-5-6-10-15-23-21-14-13-19(22)16-18(21)17-24-20-11-8-7-9-12-20;1-5(2,3)4/h7-9,11-14,16H,2-6,10,15,17,22H2,1H3;1H3,(H,2,3,4). The van der Waals surface area contributed by atoms with E-state index >= 15 is 0 Å². The van der Waals surface area contributed by atoms with Crippen LogP contribution in [-0.2, 0) is 15.9 Å². The van der Waals surface area contributed by atoms with Crippen molar-refractivity contribution < 1.29 is 17.7 Å². The zero-order valence-electron chi connectivity index (χ0n) is 17.3. The van der Waals surface area contributed by atoms with Gasteiger partial charge >= 0.3 is 0 Å². The van der Waals surface area contributed by atoms with Crippen molar-refractivity contribution in [1.82, 2.24) is 0 Å². The van der Waals surface area contributed by atoms with E-state index in [0.29, 0.717) is 6.26 Å². The fraction of sp³-hybridized carbons (Fsp3) is 0.455. The van der Waals surface area contributed by atoms with Crippen molar-refractivity contribution in [2.45, 2.75) is 56.1 Å². The number of benzene rings is 2. The summed E-state index contributed by atoms with van der Waals surface area (Å²) in [5.41, 5.74) is 7.93. The molecule has 0 radical (unpaired) electrons. The van der Waals surface area contributed by atoms with Crippen LogP contribution in [-0.4, -0.2) is 25.8 Å². The van der Waals surface area contributed by atoms with Gasteiger partial charge in [0.15, 0.2) is 0 Å². The Morgan fingerprint density at radius 2 is 1.62 bits per heavy atom. The summed E-state index contributed by atoms with van der Waals surface area (Å²) < 4.78 is 31.9. The van der Waals surface area contributed by atoms with E-state index in [1.807, 2.05) is 36.0 Å². The Kier molecular flexibility index (Phi) is 12.5. The summed E-state index contributed by atoms with van der Waals surface area (Å²) in [5.74, 6) is 1.85. The molecule has 0 spiro atoms. The van der Waals surface area contributed by atoms with Crippen LogP contribution >= 0.6 is 11.8 Å². The monoisotopic (exact) mass is 439 g/mol. The minimum absolute atomic E-state index is 0.715. The molecule has 2 rings (SSSR count). The van der Waals surface area contributed by atoms with Crippen molar-refractivity contribution in [3.63, 3.8) is 0 Å². The topological polar surface area (TPSA) is 89.6 Å². The lowest BCUT2D eigenvalue weighted by Gasteiger charge is -2.12. The molecule has 162 valence electrons. The number of thioether (sulfide) groups is 1. The molecule has 0 heterocycles. The minimum Gasteiger partial charge on any atom is -0.493 e. The number of hydrogen-bond acceptors (Lipinski definition) is 5. The van der Waals surface area contributed by atoms with Gasteiger partial charge in [-0.15, -0.1) is 11.8 Å². The van der Waals surface area contributed by atoms with Crippen molar-refractivity contribution in [1.29, 1.82) is 0 Å². The SMILES string of the molecule is CCCCCCCCOc1ccc(N)cc1CSc1ccccc1.CS(=O)(=O)O.